The number of anilines is 1. The van der Waals surface area contributed by atoms with Crippen LogP contribution in [0.3, 0.4) is 0 Å². The van der Waals surface area contributed by atoms with E-state index in [1.54, 1.807) is 54.6 Å². The largest absolute Gasteiger partial charge is 0.508 e. The number of benzene rings is 3. The summed E-state index contributed by atoms with van der Waals surface area (Å²) in [6.07, 6.45) is 4.09. The van der Waals surface area contributed by atoms with Gasteiger partial charge in [0, 0.05) is 6.54 Å². The van der Waals surface area contributed by atoms with Crippen molar-refractivity contribution in [1.82, 2.24) is 4.90 Å². The van der Waals surface area contributed by atoms with E-state index in [0.29, 0.717) is 18.0 Å². The lowest BCUT2D eigenvalue weighted by atomic mass is 10.2. The Morgan fingerprint density at radius 1 is 0.912 bits per heavy atom. The summed E-state index contributed by atoms with van der Waals surface area (Å²) in [5, 5.41) is 10.8. The summed E-state index contributed by atoms with van der Waals surface area (Å²) in [6, 6.07) is 23.0. The SMILES string of the molecule is O=S(=O)(/C=C/c1ccccc1)N(Cc1ccc(O)cc1)c1ccc(OCCN2CCCC2)cc1. The number of sulfonamides is 1. The highest BCUT2D eigenvalue weighted by molar-refractivity contribution is 7.95. The Morgan fingerprint density at radius 2 is 1.59 bits per heavy atom. The van der Waals surface area contributed by atoms with Crippen LogP contribution in [0, 0.1) is 0 Å². The lowest BCUT2D eigenvalue weighted by molar-refractivity contribution is 0.238. The van der Waals surface area contributed by atoms with Crippen LogP contribution in [0.2, 0.25) is 0 Å². The highest BCUT2D eigenvalue weighted by Gasteiger charge is 2.21. The number of phenolic OH excluding ortho intramolecular Hbond substituents is 1. The van der Waals surface area contributed by atoms with Gasteiger partial charge in [-0.2, -0.15) is 0 Å². The third-order valence-electron chi connectivity index (χ3n) is 5.80. The molecule has 0 saturated carbocycles. The molecule has 1 fully saturated rings. The molecule has 7 heteroatoms. The van der Waals surface area contributed by atoms with Crippen LogP contribution < -0.4 is 9.04 Å². The van der Waals surface area contributed by atoms with Gasteiger partial charge in [0.1, 0.15) is 18.1 Å². The molecule has 0 aromatic heterocycles. The average Bonchev–Trinajstić information content (AvgIpc) is 3.37. The molecule has 0 unspecified atom stereocenters. The molecule has 1 aliphatic heterocycles. The predicted octanol–water partition coefficient (Wildman–Crippen LogP) is 4.87. The van der Waals surface area contributed by atoms with Gasteiger partial charge in [0.25, 0.3) is 10.0 Å². The number of phenols is 1. The molecule has 0 radical (unpaired) electrons. The van der Waals surface area contributed by atoms with Crippen molar-refractivity contribution in [2.75, 3.05) is 30.5 Å². The molecule has 0 aliphatic carbocycles. The van der Waals surface area contributed by atoms with E-state index in [-0.39, 0.29) is 12.3 Å². The van der Waals surface area contributed by atoms with Crippen LogP contribution in [0.5, 0.6) is 11.5 Å². The Morgan fingerprint density at radius 3 is 2.26 bits per heavy atom. The molecule has 1 saturated heterocycles. The molecular weight excluding hydrogens is 448 g/mol. The molecule has 1 aliphatic rings. The average molecular weight is 479 g/mol. The Labute approximate surface area is 201 Å². The second-order valence-electron chi connectivity index (χ2n) is 8.32. The minimum Gasteiger partial charge on any atom is -0.508 e. The van der Waals surface area contributed by atoms with Gasteiger partial charge in [0.05, 0.1) is 17.6 Å². The molecule has 3 aromatic carbocycles. The van der Waals surface area contributed by atoms with Crippen LogP contribution in [-0.4, -0.2) is 44.7 Å². The van der Waals surface area contributed by atoms with Crippen LogP contribution in [0.15, 0.2) is 84.3 Å². The smallest absolute Gasteiger partial charge is 0.257 e. The predicted molar refractivity (Wildman–Crippen MR) is 136 cm³/mol. The molecular formula is C27H30N2O4S. The summed E-state index contributed by atoms with van der Waals surface area (Å²) in [5.41, 5.74) is 2.11. The van der Waals surface area contributed by atoms with Crippen molar-refractivity contribution in [3.8, 4) is 11.5 Å². The topological polar surface area (TPSA) is 70.1 Å². The fraction of sp³-hybridized carbons (Fsp3) is 0.259. The molecule has 0 spiro atoms. The molecule has 3 aromatic rings. The number of ether oxygens (including phenoxy) is 1. The Balaban J connectivity index is 1.52. The number of hydrogen-bond acceptors (Lipinski definition) is 5. The Hall–Kier alpha value is -3.29. The highest BCUT2D eigenvalue weighted by Crippen LogP contribution is 2.26. The lowest BCUT2D eigenvalue weighted by Gasteiger charge is -2.23. The molecule has 6 nitrogen and oxygen atoms in total. The van der Waals surface area contributed by atoms with E-state index in [2.05, 4.69) is 4.90 Å². The van der Waals surface area contributed by atoms with Crippen molar-refractivity contribution in [3.63, 3.8) is 0 Å². The van der Waals surface area contributed by atoms with Crippen LogP contribution >= 0.6 is 0 Å². The zero-order valence-corrected chi connectivity index (χ0v) is 19.9. The van der Waals surface area contributed by atoms with E-state index >= 15 is 0 Å². The van der Waals surface area contributed by atoms with E-state index in [0.717, 1.165) is 30.8 Å². The first kappa shape index (κ1) is 23.9. The molecule has 1 heterocycles. The second-order valence-corrected chi connectivity index (χ2v) is 10.1. The fourth-order valence-electron chi connectivity index (χ4n) is 3.90. The minimum absolute atomic E-state index is 0.136. The zero-order chi connectivity index (χ0) is 23.8. The van der Waals surface area contributed by atoms with Gasteiger partial charge < -0.3 is 9.84 Å². The van der Waals surface area contributed by atoms with Crippen LogP contribution in [0.25, 0.3) is 6.08 Å². The number of rotatable bonds is 10. The van der Waals surface area contributed by atoms with Gasteiger partial charge in [-0.05, 0) is 79.5 Å². The number of nitrogens with zero attached hydrogens (tertiary/aromatic N) is 2. The normalized spacial score (nSPS) is 14.5. The Bertz CT molecular complexity index is 1170. The van der Waals surface area contributed by atoms with Gasteiger partial charge in [-0.15, -0.1) is 0 Å². The molecule has 1 N–H and O–H groups in total. The van der Waals surface area contributed by atoms with Gasteiger partial charge in [-0.1, -0.05) is 42.5 Å². The molecule has 0 amide bonds. The lowest BCUT2D eigenvalue weighted by Crippen LogP contribution is -2.28. The summed E-state index contributed by atoms with van der Waals surface area (Å²) in [6.45, 7) is 3.89. The molecule has 178 valence electrons. The van der Waals surface area contributed by atoms with Gasteiger partial charge in [-0.25, -0.2) is 8.42 Å². The third kappa shape index (κ3) is 6.62. The fourth-order valence-corrected chi connectivity index (χ4v) is 5.13. The third-order valence-corrected chi connectivity index (χ3v) is 7.24. The first-order valence-electron chi connectivity index (χ1n) is 11.5. The number of aromatic hydroxyl groups is 1. The zero-order valence-electron chi connectivity index (χ0n) is 19.1. The van der Waals surface area contributed by atoms with E-state index in [4.69, 9.17) is 4.74 Å². The van der Waals surface area contributed by atoms with Crippen molar-refractivity contribution in [2.24, 2.45) is 0 Å². The highest BCUT2D eigenvalue weighted by atomic mass is 32.2. The van der Waals surface area contributed by atoms with Gasteiger partial charge in [-0.3, -0.25) is 9.21 Å². The van der Waals surface area contributed by atoms with Crippen molar-refractivity contribution < 1.29 is 18.3 Å². The summed E-state index contributed by atoms with van der Waals surface area (Å²) in [4.78, 5) is 2.39. The summed E-state index contributed by atoms with van der Waals surface area (Å²) in [5.74, 6) is 0.849. The molecule has 0 bridgehead atoms. The van der Waals surface area contributed by atoms with Crippen LogP contribution in [-0.2, 0) is 16.6 Å². The maximum Gasteiger partial charge on any atom is 0.257 e. The summed E-state index contributed by atoms with van der Waals surface area (Å²) >= 11 is 0. The van der Waals surface area contributed by atoms with E-state index in [1.807, 2.05) is 30.3 Å². The second kappa shape index (κ2) is 11.2. The first-order valence-corrected chi connectivity index (χ1v) is 13.0. The van der Waals surface area contributed by atoms with Crippen molar-refractivity contribution in [1.29, 1.82) is 0 Å². The molecule has 4 rings (SSSR count). The number of hydrogen-bond donors (Lipinski definition) is 1. The summed E-state index contributed by atoms with van der Waals surface area (Å²) < 4.78 is 33.9. The maximum atomic E-state index is 13.3. The monoisotopic (exact) mass is 478 g/mol. The van der Waals surface area contributed by atoms with Crippen molar-refractivity contribution >= 4 is 21.8 Å². The first-order chi connectivity index (χ1) is 16.5. The van der Waals surface area contributed by atoms with Crippen LogP contribution in [0.1, 0.15) is 24.0 Å². The van der Waals surface area contributed by atoms with Crippen molar-refractivity contribution in [3.05, 3.63) is 95.4 Å². The van der Waals surface area contributed by atoms with E-state index in [1.165, 1.54) is 22.6 Å². The minimum atomic E-state index is -3.78. The van der Waals surface area contributed by atoms with Crippen LogP contribution in [0.4, 0.5) is 5.69 Å². The Kier molecular flexibility index (Phi) is 7.87. The number of likely N-dealkylation sites (tertiary alicyclic amines) is 1. The van der Waals surface area contributed by atoms with E-state index < -0.39 is 10.0 Å². The quantitative estimate of drug-likeness (QED) is 0.450. The molecule has 34 heavy (non-hydrogen) atoms. The summed E-state index contributed by atoms with van der Waals surface area (Å²) in [7, 11) is -3.78. The van der Waals surface area contributed by atoms with E-state index in [9.17, 15) is 13.5 Å². The standard InChI is InChI=1S/C27H30N2O4S/c30-26-12-8-24(9-13-26)22-29(34(31,32)21-16-23-6-2-1-3-7-23)25-10-14-27(15-11-25)33-20-19-28-17-4-5-18-28/h1-3,6-16,21,30H,4-5,17-20,22H2/b21-16+. The van der Waals surface area contributed by atoms with Crippen molar-refractivity contribution in [2.45, 2.75) is 19.4 Å². The molecule has 0 atom stereocenters. The van der Waals surface area contributed by atoms with Gasteiger partial charge in [0.15, 0.2) is 0 Å². The van der Waals surface area contributed by atoms with Gasteiger partial charge in [0.2, 0.25) is 0 Å². The maximum absolute atomic E-state index is 13.3. The van der Waals surface area contributed by atoms with Gasteiger partial charge >= 0.3 is 0 Å².